The molecule has 2 aliphatic heterocycles. The van der Waals surface area contributed by atoms with E-state index in [4.69, 9.17) is 0 Å². The molecule has 0 aromatic carbocycles. The van der Waals surface area contributed by atoms with Crippen LogP contribution >= 0.6 is 12.4 Å². The Kier molecular flexibility index (Phi) is 4.81. The Morgan fingerprint density at radius 3 is 1.58 bits per heavy atom. The highest BCUT2D eigenvalue weighted by atomic mass is 35.5. The van der Waals surface area contributed by atoms with E-state index in [1.54, 1.807) is 0 Å². The van der Waals surface area contributed by atoms with Crippen molar-refractivity contribution >= 4 is 32.1 Å². The van der Waals surface area contributed by atoms with Gasteiger partial charge in [-0.1, -0.05) is 0 Å². The van der Waals surface area contributed by atoms with Crippen LogP contribution in [0, 0.1) is 10.8 Å². The summed E-state index contributed by atoms with van der Waals surface area (Å²) in [6.45, 7) is 1.80. The molecule has 2 aliphatic carbocycles. The van der Waals surface area contributed by atoms with Gasteiger partial charge in [0.05, 0.1) is 22.0 Å². The van der Waals surface area contributed by atoms with Crippen molar-refractivity contribution in [2.45, 2.75) is 61.9 Å². The minimum atomic E-state index is -2.83. The van der Waals surface area contributed by atoms with E-state index in [9.17, 15) is 16.8 Å². The van der Waals surface area contributed by atoms with Gasteiger partial charge in [0.1, 0.15) is 0 Å². The third-order valence-corrected chi connectivity index (χ3v) is 11.5. The Morgan fingerprint density at radius 1 is 0.750 bits per heavy atom. The molecule has 4 bridgehead atoms. The Hall–Kier alpha value is 0.150. The van der Waals surface area contributed by atoms with Crippen LogP contribution < -0.4 is 5.32 Å². The normalized spacial score (nSPS) is 44.8. The summed E-state index contributed by atoms with van der Waals surface area (Å²) in [4.78, 5) is 0. The van der Waals surface area contributed by atoms with Gasteiger partial charge in [0, 0.05) is 13.1 Å². The second-order valence-corrected chi connectivity index (χ2v) is 13.4. The molecule has 24 heavy (non-hydrogen) atoms. The van der Waals surface area contributed by atoms with Crippen LogP contribution in [0.2, 0.25) is 0 Å². The average molecular weight is 398 g/mol. The standard InChI is InChI=1S/C16H27NO4S2.ClH/c18-22(19)7-5-15(3-1-13(22)9-15)11-17-12-16-4-2-14(10-16)23(20,21)8-6-16;/h13-14,17H,1-12H2;1H. The first-order valence-corrected chi connectivity index (χ1v) is 12.3. The van der Waals surface area contributed by atoms with Gasteiger partial charge in [0.25, 0.3) is 0 Å². The molecule has 0 spiro atoms. The van der Waals surface area contributed by atoms with Crippen molar-refractivity contribution in [3.05, 3.63) is 0 Å². The molecule has 0 radical (unpaired) electrons. The maximum absolute atomic E-state index is 12.0. The average Bonchev–Trinajstić information content (AvgIpc) is 3.05. The van der Waals surface area contributed by atoms with Crippen LogP contribution in [0.25, 0.3) is 0 Å². The van der Waals surface area contributed by atoms with Gasteiger partial charge in [-0.15, -0.1) is 12.4 Å². The largest absolute Gasteiger partial charge is 0.316 e. The van der Waals surface area contributed by atoms with Crippen molar-refractivity contribution in [2.75, 3.05) is 24.6 Å². The second kappa shape index (κ2) is 6.10. The predicted molar refractivity (Wildman–Crippen MR) is 97.1 cm³/mol. The highest BCUT2D eigenvalue weighted by molar-refractivity contribution is 7.92. The fourth-order valence-corrected chi connectivity index (χ4v) is 9.79. The fraction of sp³-hybridized carbons (Fsp3) is 1.00. The van der Waals surface area contributed by atoms with Gasteiger partial charge >= 0.3 is 0 Å². The second-order valence-electron chi connectivity index (χ2n) is 8.57. The van der Waals surface area contributed by atoms with Crippen molar-refractivity contribution in [1.29, 1.82) is 0 Å². The third-order valence-electron chi connectivity index (χ3n) is 7.16. The minimum Gasteiger partial charge on any atom is -0.316 e. The summed E-state index contributed by atoms with van der Waals surface area (Å²) in [6, 6.07) is 0. The zero-order chi connectivity index (χ0) is 16.3. The topological polar surface area (TPSA) is 80.3 Å². The summed E-state index contributed by atoms with van der Waals surface area (Å²) in [5, 5.41) is 3.42. The molecule has 4 rings (SSSR count). The number of rotatable bonds is 4. The van der Waals surface area contributed by atoms with Gasteiger partial charge in [-0.3, -0.25) is 0 Å². The van der Waals surface area contributed by atoms with E-state index in [-0.39, 0.29) is 33.7 Å². The van der Waals surface area contributed by atoms with Crippen molar-refractivity contribution in [3.8, 4) is 0 Å². The fourth-order valence-electron chi connectivity index (χ4n) is 5.52. The smallest absolute Gasteiger partial charge is 0.153 e. The van der Waals surface area contributed by atoms with Crippen LogP contribution in [0.4, 0.5) is 0 Å². The predicted octanol–water partition coefficient (Wildman–Crippen LogP) is 1.71. The van der Waals surface area contributed by atoms with E-state index in [1.807, 2.05) is 0 Å². The Balaban J connectivity index is 0.00000169. The maximum atomic E-state index is 12.0. The number of hydrogen-bond acceptors (Lipinski definition) is 5. The molecule has 4 atom stereocenters. The minimum absolute atomic E-state index is 0. The number of nitrogens with one attached hydrogen (secondary N) is 1. The van der Waals surface area contributed by atoms with Crippen molar-refractivity contribution in [1.82, 2.24) is 5.32 Å². The van der Waals surface area contributed by atoms with Crippen LogP contribution in [-0.4, -0.2) is 51.9 Å². The first kappa shape index (κ1) is 18.9. The number of sulfone groups is 2. The van der Waals surface area contributed by atoms with Crippen LogP contribution in [0.1, 0.15) is 51.4 Å². The van der Waals surface area contributed by atoms with E-state index in [0.29, 0.717) is 11.5 Å². The van der Waals surface area contributed by atoms with Gasteiger partial charge < -0.3 is 5.32 Å². The maximum Gasteiger partial charge on any atom is 0.153 e. The third kappa shape index (κ3) is 3.14. The van der Waals surface area contributed by atoms with Gasteiger partial charge in [0.15, 0.2) is 19.7 Å². The molecule has 0 aromatic heterocycles. The summed E-state index contributed by atoms with van der Waals surface area (Å²) in [7, 11) is -5.67. The molecule has 2 saturated heterocycles. The first-order valence-electron chi connectivity index (χ1n) is 8.88. The van der Waals surface area contributed by atoms with Gasteiger partial charge in [-0.05, 0) is 62.2 Å². The van der Waals surface area contributed by atoms with E-state index in [1.165, 1.54) is 0 Å². The highest BCUT2D eigenvalue weighted by Gasteiger charge is 2.51. The molecular weight excluding hydrogens is 370 g/mol. The lowest BCUT2D eigenvalue weighted by Crippen LogP contribution is -2.44. The van der Waals surface area contributed by atoms with E-state index >= 15 is 0 Å². The lowest BCUT2D eigenvalue weighted by molar-refractivity contribution is 0.216. The summed E-state index contributed by atoms with van der Waals surface area (Å²) >= 11 is 0. The van der Waals surface area contributed by atoms with E-state index in [2.05, 4.69) is 5.32 Å². The van der Waals surface area contributed by atoms with Crippen LogP contribution in [-0.2, 0) is 19.7 Å². The molecule has 2 heterocycles. The molecular formula is C16H28ClNO4S2. The zero-order valence-corrected chi connectivity index (χ0v) is 16.4. The number of fused-ring (bicyclic) bond motifs is 4. The van der Waals surface area contributed by atoms with Gasteiger partial charge in [0.2, 0.25) is 0 Å². The monoisotopic (exact) mass is 397 g/mol. The summed E-state index contributed by atoms with van der Waals surface area (Å²) in [6.07, 6.45) is 6.94. The summed E-state index contributed by atoms with van der Waals surface area (Å²) in [5.74, 6) is 0.704. The molecule has 1 N–H and O–H groups in total. The SMILES string of the molecule is Cl.O=S1(=O)CCC2(CNCC34CCC(C3)S(=O)(=O)CC4)CCC1C2. The molecule has 8 heteroatoms. The lowest BCUT2D eigenvalue weighted by Gasteiger charge is -2.37. The van der Waals surface area contributed by atoms with Crippen LogP contribution in [0.15, 0.2) is 0 Å². The first-order chi connectivity index (χ1) is 10.7. The quantitative estimate of drug-likeness (QED) is 0.781. The summed E-state index contributed by atoms with van der Waals surface area (Å²) in [5.41, 5.74) is 0.344. The lowest BCUT2D eigenvalue weighted by atomic mass is 9.80. The van der Waals surface area contributed by atoms with Crippen LogP contribution in [0.3, 0.4) is 0 Å². The Bertz CT molecular complexity index is 648. The number of hydrogen-bond donors (Lipinski definition) is 1. The molecule has 0 aromatic rings. The molecule has 4 aliphatic rings. The van der Waals surface area contributed by atoms with Crippen molar-refractivity contribution < 1.29 is 16.8 Å². The van der Waals surface area contributed by atoms with Crippen molar-refractivity contribution in [3.63, 3.8) is 0 Å². The van der Waals surface area contributed by atoms with Gasteiger partial charge in [-0.25, -0.2) is 16.8 Å². The Labute approximate surface area is 151 Å². The molecule has 0 amide bonds. The molecule has 2 saturated carbocycles. The molecule has 5 nitrogen and oxygen atoms in total. The van der Waals surface area contributed by atoms with Crippen LogP contribution in [0.5, 0.6) is 0 Å². The van der Waals surface area contributed by atoms with Gasteiger partial charge in [-0.2, -0.15) is 0 Å². The molecule has 4 fully saturated rings. The highest BCUT2D eigenvalue weighted by Crippen LogP contribution is 2.50. The molecule has 4 unspecified atom stereocenters. The van der Waals surface area contributed by atoms with Crippen molar-refractivity contribution in [2.24, 2.45) is 10.8 Å². The number of halogens is 1. The van der Waals surface area contributed by atoms with E-state index < -0.39 is 19.7 Å². The van der Waals surface area contributed by atoms with E-state index in [0.717, 1.165) is 64.5 Å². The zero-order valence-electron chi connectivity index (χ0n) is 14.0. The Morgan fingerprint density at radius 2 is 1.17 bits per heavy atom. The summed E-state index contributed by atoms with van der Waals surface area (Å²) < 4.78 is 48.0. The molecule has 140 valence electrons.